The van der Waals surface area contributed by atoms with Gasteiger partial charge in [0.05, 0.1) is 0 Å². The highest BCUT2D eigenvalue weighted by Crippen LogP contribution is 2.24. The maximum absolute atomic E-state index is 13.5. The van der Waals surface area contributed by atoms with Crippen molar-refractivity contribution in [1.82, 2.24) is 5.32 Å². The fourth-order valence-corrected chi connectivity index (χ4v) is 2.78. The Morgan fingerprint density at radius 3 is 2.58 bits per heavy atom. The van der Waals surface area contributed by atoms with Gasteiger partial charge in [-0.3, -0.25) is 4.79 Å². The molecule has 1 fully saturated rings. The molecule has 0 atom stereocenters. The summed E-state index contributed by atoms with van der Waals surface area (Å²) >= 11 is 0. The molecular formula is C18H25FN2O3. The molecule has 1 amide bonds. The number of hydrogen-bond acceptors (Lipinski definition) is 4. The summed E-state index contributed by atoms with van der Waals surface area (Å²) in [6.07, 6.45) is 2.04. The molecule has 0 spiro atoms. The average molecular weight is 336 g/mol. The van der Waals surface area contributed by atoms with Crippen molar-refractivity contribution in [2.75, 3.05) is 24.5 Å². The van der Waals surface area contributed by atoms with Crippen LogP contribution in [0.4, 0.5) is 14.9 Å². The van der Waals surface area contributed by atoms with E-state index in [0.29, 0.717) is 24.3 Å². The van der Waals surface area contributed by atoms with E-state index in [1.165, 1.54) is 12.1 Å². The third kappa shape index (κ3) is 5.51. The van der Waals surface area contributed by atoms with Gasteiger partial charge in [-0.2, -0.15) is 0 Å². The Bertz CT molecular complexity index is 590. The monoisotopic (exact) mass is 336 g/mol. The third-order valence-corrected chi connectivity index (χ3v) is 3.95. The van der Waals surface area contributed by atoms with Crippen molar-refractivity contribution in [3.8, 4) is 0 Å². The van der Waals surface area contributed by atoms with Crippen molar-refractivity contribution >= 4 is 18.1 Å². The molecule has 24 heavy (non-hydrogen) atoms. The zero-order valence-electron chi connectivity index (χ0n) is 14.5. The van der Waals surface area contributed by atoms with Gasteiger partial charge in [-0.05, 0) is 57.7 Å². The molecule has 2 rings (SSSR count). The minimum absolute atomic E-state index is 0.346. The second kappa shape index (κ2) is 7.64. The smallest absolute Gasteiger partial charge is 0.407 e. The van der Waals surface area contributed by atoms with Gasteiger partial charge in [0.2, 0.25) is 0 Å². The topological polar surface area (TPSA) is 58.6 Å². The first-order valence-corrected chi connectivity index (χ1v) is 8.24. The van der Waals surface area contributed by atoms with Gasteiger partial charge in [0.15, 0.2) is 0 Å². The highest BCUT2D eigenvalue weighted by atomic mass is 19.1. The van der Waals surface area contributed by atoms with Crippen LogP contribution in [0.5, 0.6) is 0 Å². The van der Waals surface area contributed by atoms with Crippen LogP contribution in [0.25, 0.3) is 0 Å². The Labute approximate surface area is 142 Å². The molecule has 1 aromatic rings. The number of halogens is 1. The van der Waals surface area contributed by atoms with Crippen molar-refractivity contribution in [3.05, 3.63) is 29.6 Å². The summed E-state index contributed by atoms with van der Waals surface area (Å²) in [7, 11) is 0. The van der Waals surface area contributed by atoms with Crippen LogP contribution < -0.4 is 10.2 Å². The molecule has 0 aliphatic carbocycles. The van der Waals surface area contributed by atoms with Gasteiger partial charge in [0.25, 0.3) is 0 Å². The summed E-state index contributed by atoms with van der Waals surface area (Å²) < 4.78 is 18.8. The molecule has 0 aromatic heterocycles. The van der Waals surface area contributed by atoms with Gasteiger partial charge in [0.1, 0.15) is 17.7 Å². The lowest BCUT2D eigenvalue weighted by atomic mass is 9.96. The lowest BCUT2D eigenvalue weighted by Crippen LogP contribution is -2.40. The van der Waals surface area contributed by atoms with Gasteiger partial charge in [-0.15, -0.1) is 0 Å². The molecule has 1 N–H and O–H groups in total. The Morgan fingerprint density at radius 2 is 2.00 bits per heavy atom. The van der Waals surface area contributed by atoms with Gasteiger partial charge < -0.3 is 15.0 Å². The Morgan fingerprint density at radius 1 is 1.33 bits per heavy atom. The van der Waals surface area contributed by atoms with Crippen LogP contribution in [0, 0.1) is 11.7 Å². The SMILES string of the molecule is CC(C)(C)OC(=O)NCC1CCN(c2cc(F)cc(C=O)c2)CC1. The highest BCUT2D eigenvalue weighted by Gasteiger charge is 2.22. The number of benzene rings is 1. The van der Waals surface area contributed by atoms with E-state index < -0.39 is 17.5 Å². The molecule has 0 unspecified atom stereocenters. The summed E-state index contributed by atoms with van der Waals surface area (Å²) in [6.45, 7) is 7.60. The minimum atomic E-state index is -0.499. The van der Waals surface area contributed by atoms with Crippen molar-refractivity contribution in [1.29, 1.82) is 0 Å². The molecule has 6 heteroatoms. The molecule has 0 bridgehead atoms. The predicted octanol–water partition coefficient (Wildman–Crippen LogP) is 3.38. The van der Waals surface area contributed by atoms with Crippen LogP contribution in [0.3, 0.4) is 0 Å². The standard InChI is InChI=1S/C18H25FN2O3/c1-18(2,3)24-17(23)20-11-13-4-6-21(7-5-13)16-9-14(12-22)8-15(19)10-16/h8-10,12-13H,4-7,11H2,1-3H3,(H,20,23). The zero-order valence-corrected chi connectivity index (χ0v) is 14.5. The fraction of sp³-hybridized carbons (Fsp3) is 0.556. The summed E-state index contributed by atoms with van der Waals surface area (Å²) in [4.78, 5) is 24.6. The van der Waals surface area contributed by atoms with Crippen molar-refractivity contribution in [2.24, 2.45) is 5.92 Å². The van der Waals surface area contributed by atoms with E-state index in [0.717, 1.165) is 31.6 Å². The second-order valence-corrected chi connectivity index (χ2v) is 7.17. The first-order valence-electron chi connectivity index (χ1n) is 8.24. The van der Waals surface area contributed by atoms with Crippen LogP contribution in [0.2, 0.25) is 0 Å². The van der Waals surface area contributed by atoms with E-state index in [1.54, 1.807) is 6.07 Å². The maximum atomic E-state index is 13.5. The summed E-state index contributed by atoms with van der Waals surface area (Å²) in [6, 6.07) is 4.38. The fourth-order valence-electron chi connectivity index (χ4n) is 2.78. The minimum Gasteiger partial charge on any atom is -0.444 e. The lowest BCUT2D eigenvalue weighted by Gasteiger charge is -2.34. The number of alkyl carbamates (subject to hydrolysis) is 1. The Hall–Kier alpha value is -2.11. The molecule has 1 aliphatic heterocycles. The van der Waals surface area contributed by atoms with Crippen LogP contribution in [-0.4, -0.2) is 37.6 Å². The lowest BCUT2D eigenvalue weighted by molar-refractivity contribution is 0.0516. The number of aldehydes is 1. The molecule has 0 saturated carbocycles. The summed E-state index contributed by atoms with van der Waals surface area (Å²) in [5.41, 5.74) is 0.579. The number of ether oxygens (including phenoxy) is 1. The number of hydrogen-bond donors (Lipinski definition) is 1. The second-order valence-electron chi connectivity index (χ2n) is 7.17. The number of nitrogens with one attached hydrogen (secondary N) is 1. The molecule has 1 heterocycles. The van der Waals surface area contributed by atoms with Gasteiger partial charge in [0, 0.05) is 30.9 Å². The Kier molecular flexibility index (Phi) is 5.80. The number of amides is 1. The summed E-state index contributed by atoms with van der Waals surface area (Å²) in [5, 5.41) is 2.80. The molecule has 5 nitrogen and oxygen atoms in total. The van der Waals surface area contributed by atoms with Crippen LogP contribution in [0.1, 0.15) is 44.0 Å². The van der Waals surface area contributed by atoms with Crippen LogP contribution in [0.15, 0.2) is 18.2 Å². The number of piperidine rings is 1. The first-order chi connectivity index (χ1) is 11.3. The summed E-state index contributed by atoms with van der Waals surface area (Å²) in [5.74, 6) is -0.0313. The molecular weight excluding hydrogens is 311 g/mol. The Balaban J connectivity index is 1.82. The van der Waals surface area contributed by atoms with E-state index in [4.69, 9.17) is 4.74 Å². The van der Waals surface area contributed by atoms with E-state index >= 15 is 0 Å². The van der Waals surface area contributed by atoms with Crippen LogP contribution in [-0.2, 0) is 4.74 Å². The molecule has 1 aliphatic rings. The van der Waals surface area contributed by atoms with Crippen molar-refractivity contribution < 1.29 is 18.7 Å². The largest absolute Gasteiger partial charge is 0.444 e. The van der Waals surface area contributed by atoms with Crippen molar-refractivity contribution in [2.45, 2.75) is 39.2 Å². The van der Waals surface area contributed by atoms with E-state index in [-0.39, 0.29) is 0 Å². The third-order valence-electron chi connectivity index (χ3n) is 3.95. The number of carbonyl (C=O) groups excluding carboxylic acids is 2. The molecule has 1 aromatic carbocycles. The van der Waals surface area contributed by atoms with Gasteiger partial charge >= 0.3 is 6.09 Å². The zero-order chi connectivity index (χ0) is 17.7. The molecule has 132 valence electrons. The molecule has 1 saturated heterocycles. The predicted molar refractivity (Wildman–Crippen MR) is 91.0 cm³/mol. The van der Waals surface area contributed by atoms with E-state index in [2.05, 4.69) is 10.2 Å². The van der Waals surface area contributed by atoms with Gasteiger partial charge in [-0.25, -0.2) is 9.18 Å². The van der Waals surface area contributed by atoms with E-state index in [9.17, 15) is 14.0 Å². The van der Waals surface area contributed by atoms with E-state index in [1.807, 2.05) is 20.8 Å². The first kappa shape index (κ1) is 18.2. The number of nitrogens with zero attached hydrogens (tertiary/aromatic N) is 1. The highest BCUT2D eigenvalue weighted by molar-refractivity contribution is 5.77. The molecule has 0 radical (unpaired) electrons. The number of anilines is 1. The van der Waals surface area contributed by atoms with Crippen LogP contribution >= 0.6 is 0 Å². The van der Waals surface area contributed by atoms with Crippen molar-refractivity contribution in [3.63, 3.8) is 0 Å². The average Bonchev–Trinajstić information content (AvgIpc) is 2.51. The quantitative estimate of drug-likeness (QED) is 0.857. The van der Waals surface area contributed by atoms with Gasteiger partial charge in [-0.1, -0.05) is 0 Å². The maximum Gasteiger partial charge on any atom is 0.407 e. The normalized spacial score (nSPS) is 15.9. The number of carbonyl (C=O) groups is 2. The number of rotatable bonds is 4.